The molecular weight excluding hydrogens is 316 g/mol. The molecule has 2 aliphatic carbocycles. The molecule has 1 aromatic heterocycles. The Morgan fingerprint density at radius 2 is 1.96 bits per heavy atom. The molecular formula is C18H22N6O. The van der Waals surface area contributed by atoms with E-state index in [2.05, 4.69) is 32.7 Å². The van der Waals surface area contributed by atoms with Crippen molar-refractivity contribution in [3.63, 3.8) is 0 Å². The molecule has 1 fully saturated rings. The van der Waals surface area contributed by atoms with Gasteiger partial charge in [-0.15, -0.1) is 0 Å². The van der Waals surface area contributed by atoms with Gasteiger partial charge in [0, 0.05) is 18.3 Å². The van der Waals surface area contributed by atoms with Gasteiger partial charge in [-0.1, -0.05) is 24.3 Å². The fraction of sp³-hybridized carbons (Fsp3) is 0.389. The second kappa shape index (κ2) is 6.33. The van der Waals surface area contributed by atoms with Crippen LogP contribution in [-0.4, -0.2) is 28.0 Å². The van der Waals surface area contributed by atoms with Crippen molar-refractivity contribution in [3.8, 4) is 0 Å². The zero-order valence-electron chi connectivity index (χ0n) is 13.9. The van der Waals surface area contributed by atoms with E-state index in [1.54, 1.807) is 0 Å². The quantitative estimate of drug-likeness (QED) is 0.657. The average Bonchev–Trinajstić information content (AvgIpc) is 3.41. The van der Waals surface area contributed by atoms with E-state index in [4.69, 9.17) is 11.5 Å². The summed E-state index contributed by atoms with van der Waals surface area (Å²) in [5.41, 5.74) is 14.6. The maximum atomic E-state index is 11.6. The van der Waals surface area contributed by atoms with E-state index >= 15 is 0 Å². The zero-order chi connectivity index (χ0) is 17.4. The highest BCUT2D eigenvalue weighted by atomic mass is 16.1. The summed E-state index contributed by atoms with van der Waals surface area (Å²) in [4.78, 5) is 20.4. The molecule has 1 saturated carbocycles. The molecule has 2 aromatic rings. The molecule has 0 bridgehead atoms. The molecule has 2 aliphatic rings. The molecule has 1 amide bonds. The van der Waals surface area contributed by atoms with E-state index in [0.717, 1.165) is 25.7 Å². The minimum atomic E-state index is -0.533. The van der Waals surface area contributed by atoms with Crippen molar-refractivity contribution in [2.24, 2.45) is 11.5 Å². The number of fused-ring (bicyclic) bond motifs is 1. The topological polar surface area (TPSA) is 119 Å². The molecule has 2 atom stereocenters. The summed E-state index contributed by atoms with van der Waals surface area (Å²) in [6, 6.07) is 8.57. The number of amides is 1. The maximum absolute atomic E-state index is 11.6. The first kappa shape index (κ1) is 15.8. The molecule has 0 saturated heterocycles. The van der Waals surface area contributed by atoms with Crippen LogP contribution in [0.15, 0.2) is 30.5 Å². The molecule has 0 unspecified atom stereocenters. The number of hydrogen-bond acceptors (Lipinski definition) is 6. The van der Waals surface area contributed by atoms with E-state index < -0.39 is 5.91 Å². The summed E-state index contributed by atoms with van der Waals surface area (Å²) in [6.07, 6.45) is 5.51. The molecule has 4 rings (SSSR count). The fourth-order valence-corrected chi connectivity index (χ4v) is 3.27. The molecule has 0 spiro atoms. The number of nitrogens with zero attached hydrogens (tertiary/aromatic N) is 2. The number of carbonyl (C=O) groups is 1. The number of hydrogen-bond donors (Lipinski definition) is 4. The van der Waals surface area contributed by atoms with Gasteiger partial charge in [-0.3, -0.25) is 4.79 Å². The summed E-state index contributed by atoms with van der Waals surface area (Å²) >= 11 is 0. The number of rotatable bonds is 5. The van der Waals surface area contributed by atoms with Crippen molar-refractivity contribution >= 4 is 17.7 Å². The molecule has 7 nitrogen and oxygen atoms in total. The van der Waals surface area contributed by atoms with Crippen LogP contribution < -0.4 is 22.1 Å². The van der Waals surface area contributed by atoms with E-state index in [9.17, 15) is 4.79 Å². The predicted octanol–water partition coefficient (Wildman–Crippen LogP) is 1.58. The molecule has 6 N–H and O–H groups in total. The third-order valence-corrected chi connectivity index (χ3v) is 4.82. The number of anilines is 2. The highest BCUT2D eigenvalue weighted by Crippen LogP contribution is 2.32. The van der Waals surface area contributed by atoms with Crippen LogP contribution in [0.4, 0.5) is 11.8 Å². The van der Waals surface area contributed by atoms with Gasteiger partial charge in [0.1, 0.15) is 5.82 Å². The van der Waals surface area contributed by atoms with Crippen molar-refractivity contribution in [1.29, 1.82) is 0 Å². The van der Waals surface area contributed by atoms with Gasteiger partial charge in [0.2, 0.25) is 5.95 Å². The Hall–Kier alpha value is -2.67. The van der Waals surface area contributed by atoms with Crippen LogP contribution in [0.1, 0.15) is 46.8 Å². The van der Waals surface area contributed by atoms with Crippen LogP contribution in [0.25, 0.3) is 0 Å². The second-order valence-electron chi connectivity index (χ2n) is 6.76. The molecule has 130 valence electrons. The Morgan fingerprint density at radius 1 is 1.16 bits per heavy atom. The number of nitrogens with one attached hydrogen (secondary N) is 2. The maximum Gasteiger partial charge on any atom is 0.254 e. The molecule has 1 heterocycles. The number of carbonyl (C=O) groups excluding carboxylic acids is 1. The van der Waals surface area contributed by atoms with Crippen LogP contribution in [0.5, 0.6) is 0 Å². The molecule has 7 heteroatoms. The van der Waals surface area contributed by atoms with Gasteiger partial charge in [-0.2, -0.15) is 4.98 Å². The highest BCUT2D eigenvalue weighted by Gasteiger charge is 2.28. The van der Waals surface area contributed by atoms with Crippen molar-refractivity contribution in [2.75, 3.05) is 10.6 Å². The van der Waals surface area contributed by atoms with Crippen LogP contribution in [0.3, 0.4) is 0 Å². The van der Waals surface area contributed by atoms with Crippen LogP contribution in [0.2, 0.25) is 0 Å². The summed E-state index contributed by atoms with van der Waals surface area (Å²) in [7, 11) is 0. The van der Waals surface area contributed by atoms with Crippen molar-refractivity contribution in [3.05, 3.63) is 47.2 Å². The lowest BCUT2D eigenvalue weighted by molar-refractivity contribution is 0.100. The van der Waals surface area contributed by atoms with Crippen molar-refractivity contribution in [1.82, 2.24) is 9.97 Å². The van der Waals surface area contributed by atoms with Gasteiger partial charge >= 0.3 is 0 Å². The first-order valence-corrected chi connectivity index (χ1v) is 8.65. The lowest BCUT2D eigenvalue weighted by Crippen LogP contribution is -2.37. The van der Waals surface area contributed by atoms with Gasteiger partial charge in [0.05, 0.1) is 11.6 Å². The Morgan fingerprint density at radius 3 is 2.72 bits per heavy atom. The standard InChI is InChI=1S/C18H22N6O/c19-14-8-5-10-3-1-2-4-12(10)15(14)23-18-21-9-13(16(20)25)17(24-18)22-11-6-7-11/h1-4,9,11,14-15H,5-8,19H2,(H2,20,25)(H2,21,22,23,24)/t14-,15+/m0/s1. The number of benzene rings is 1. The van der Waals surface area contributed by atoms with Gasteiger partial charge in [0.15, 0.2) is 0 Å². The first-order chi connectivity index (χ1) is 12.1. The molecule has 1 aromatic carbocycles. The summed E-state index contributed by atoms with van der Waals surface area (Å²) < 4.78 is 0. The summed E-state index contributed by atoms with van der Waals surface area (Å²) in [5, 5.41) is 6.60. The minimum absolute atomic E-state index is 0.0193. The van der Waals surface area contributed by atoms with E-state index in [1.807, 2.05) is 12.1 Å². The molecule has 0 radical (unpaired) electrons. The lowest BCUT2D eigenvalue weighted by atomic mass is 9.84. The summed E-state index contributed by atoms with van der Waals surface area (Å²) in [5.74, 6) is 0.407. The van der Waals surface area contributed by atoms with E-state index in [0.29, 0.717) is 23.4 Å². The van der Waals surface area contributed by atoms with Gasteiger partial charge < -0.3 is 22.1 Å². The SMILES string of the molecule is NC(=O)c1cnc(N[C@@H]2c3ccccc3CC[C@@H]2N)nc1NC1CC1. The van der Waals surface area contributed by atoms with Crippen LogP contribution >= 0.6 is 0 Å². The smallest absolute Gasteiger partial charge is 0.254 e. The van der Waals surface area contributed by atoms with E-state index in [-0.39, 0.29) is 12.1 Å². The third-order valence-electron chi connectivity index (χ3n) is 4.82. The fourth-order valence-electron chi connectivity index (χ4n) is 3.27. The van der Waals surface area contributed by atoms with Crippen molar-refractivity contribution < 1.29 is 4.79 Å². The number of primary amides is 1. The highest BCUT2D eigenvalue weighted by molar-refractivity contribution is 5.97. The molecule has 0 aliphatic heterocycles. The predicted molar refractivity (Wildman–Crippen MR) is 96.3 cm³/mol. The van der Waals surface area contributed by atoms with Gasteiger partial charge in [-0.05, 0) is 36.8 Å². The Kier molecular flexibility index (Phi) is 4.01. The molecule has 25 heavy (non-hydrogen) atoms. The monoisotopic (exact) mass is 338 g/mol. The van der Waals surface area contributed by atoms with E-state index in [1.165, 1.54) is 17.3 Å². The normalized spacial score (nSPS) is 22.1. The number of nitrogens with two attached hydrogens (primary N) is 2. The Bertz CT molecular complexity index is 804. The first-order valence-electron chi connectivity index (χ1n) is 8.65. The third kappa shape index (κ3) is 3.28. The zero-order valence-corrected chi connectivity index (χ0v) is 13.9. The Labute approximate surface area is 146 Å². The average molecular weight is 338 g/mol. The van der Waals surface area contributed by atoms with Crippen LogP contribution in [0, 0.1) is 0 Å². The second-order valence-corrected chi connectivity index (χ2v) is 6.76. The number of aryl methyl sites for hydroxylation is 1. The van der Waals surface area contributed by atoms with Gasteiger partial charge in [0.25, 0.3) is 5.91 Å². The minimum Gasteiger partial charge on any atom is -0.367 e. The largest absolute Gasteiger partial charge is 0.367 e. The van der Waals surface area contributed by atoms with Crippen LogP contribution in [-0.2, 0) is 6.42 Å². The summed E-state index contributed by atoms with van der Waals surface area (Å²) in [6.45, 7) is 0. The lowest BCUT2D eigenvalue weighted by Gasteiger charge is -2.32. The van der Waals surface area contributed by atoms with Crippen molar-refractivity contribution in [2.45, 2.75) is 43.8 Å². The Balaban J connectivity index is 1.63. The van der Waals surface area contributed by atoms with Gasteiger partial charge in [-0.25, -0.2) is 4.98 Å². The number of aromatic nitrogens is 2.